The highest BCUT2D eigenvalue weighted by Gasteiger charge is 2.49. The average molecular weight is 966 g/mol. The van der Waals surface area contributed by atoms with E-state index in [9.17, 15) is 14.7 Å². The number of imidazole rings is 1. The number of carbonyl (C=O) groups excluding carboxylic acids is 1. The third-order valence-electron chi connectivity index (χ3n) is 13.8. The number of aliphatic hydroxyl groups is 1. The van der Waals surface area contributed by atoms with Gasteiger partial charge in [0.15, 0.2) is 22.8 Å². The number of aromatic amines is 1. The summed E-state index contributed by atoms with van der Waals surface area (Å²) in [7, 11) is 4.99. The van der Waals surface area contributed by atoms with E-state index in [4.69, 9.17) is 24.7 Å². The van der Waals surface area contributed by atoms with E-state index in [1.807, 2.05) is 96.7 Å². The van der Waals surface area contributed by atoms with E-state index >= 15 is 0 Å². The molecule has 8 aromatic rings. The second-order valence-electron chi connectivity index (χ2n) is 18.6. The molecule has 4 atom stereocenters. The van der Waals surface area contributed by atoms with Crippen molar-refractivity contribution in [2.45, 2.75) is 89.4 Å². The number of benzene rings is 4. The van der Waals surface area contributed by atoms with Gasteiger partial charge in [-0.15, -0.1) is 0 Å². The highest BCUT2D eigenvalue weighted by Crippen LogP contribution is 2.43. The van der Waals surface area contributed by atoms with Crippen molar-refractivity contribution in [2.24, 2.45) is 4.99 Å². The Labute approximate surface area is 418 Å². The van der Waals surface area contributed by atoms with E-state index in [2.05, 4.69) is 61.6 Å². The summed E-state index contributed by atoms with van der Waals surface area (Å²) in [5.74, 6) is 4.16. The molecule has 16 nitrogen and oxygen atoms in total. The maximum absolute atomic E-state index is 13.7. The minimum Gasteiger partial charge on any atom is -0.493 e. The Morgan fingerprint density at radius 1 is 0.847 bits per heavy atom. The zero-order chi connectivity index (χ0) is 49.9. The molecule has 0 bridgehead atoms. The van der Waals surface area contributed by atoms with Crippen LogP contribution in [0.1, 0.15) is 89.3 Å². The fourth-order valence-corrected chi connectivity index (χ4v) is 10.2. The van der Waals surface area contributed by atoms with Crippen molar-refractivity contribution in [3.63, 3.8) is 0 Å². The third kappa shape index (κ3) is 9.56. The lowest BCUT2D eigenvalue weighted by molar-refractivity contribution is 0.0865. The van der Waals surface area contributed by atoms with Crippen LogP contribution >= 0.6 is 0 Å². The first kappa shape index (κ1) is 47.6. The van der Waals surface area contributed by atoms with Gasteiger partial charge in [-0.2, -0.15) is 10.2 Å². The van der Waals surface area contributed by atoms with Crippen molar-refractivity contribution in [1.29, 1.82) is 0 Å². The number of aliphatic imine (C=N–C) groups is 1. The summed E-state index contributed by atoms with van der Waals surface area (Å²) in [5, 5.41) is 23.9. The number of H-pyrrole nitrogens is 1. The summed E-state index contributed by atoms with van der Waals surface area (Å²) >= 11 is 0. The van der Waals surface area contributed by atoms with Gasteiger partial charge in [0.05, 0.1) is 50.3 Å². The van der Waals surface area contributed by atoms with Crippen molar-refractivity contribution in [3.8, 4) is 22.8 Å². The molecule has 11 rings (SSSR count). The summed E-state index contributed by atoms with van der Waals surface area (Å²) in [6.07, 6.45) is 7.35. The second-order valence-corrected chi connectivity index (χ2v) is 18.6. The lowest BCUT2D eigenvalue weighted by atomic mass is 9.94. The van der Waals surface area contributed by atoms with Gasteiger partial charge in [-0.25, -0.2) is 19.2 Å². The minimum atomic E-state index is -0.633. The molecule has 2 aliphatic heterocycles. The molecule has 1 fully saturated rings. The predicted molar refractivity (Wildman–Crippen MR) is 279 cm³/mol. The zero-order valence-corrected chi connectivity index (χ0v) is 41.2. The molecule has 3 N–H and O–H groups in total. The molecule has 4 aromatic heterocycles. The van der Waals surface area contributed by atoms with Gasteiger partial charge < -0.3 is 24.9 Å². The predicted octanol–water partition coefficient (Wildman–Crippen LogP) is 8.74. The number of guanidine groups is 1. The lowest BCUT2D eigenvalue weighted by Crippen LogP contribution is -2.51. The smallest absolute Gasteiger partial charge is 0.277 e. The van der Waals surface area contributed by atoms with Gasteiger partial charge in [0, 0.05) is 36.8 Å². The van der Waals surface area contributed by atoms with Crippen LogP contribution in [0, 0.1) is 6.92 Å². The second kappa shape index (κ2) is 20.7. The van der Waals surface area contributed by atoms with Gasteiger partial charge in [-0.05, 0) is 105 Å². The van der Waals surface area contributed by atoms with E-state index in [-0.39, 0.29) is 29.5 Å². The van der Waals surface area contributed by atoms with Crippen molar-refractivity contribution in [3.05, 3.63) is 177 Å². The van der Waals surface area contributed by atoms with Crippen LogP contribution in [0.2, 0.25) is 0 Å². The molecule has 0 saturated heterocycles. The van der Waals surface area contributed by atoms with Crippen LogP contribution < -0.4 is 25.2 Å². The van der Waals surface area contributed by atoms with Crippen LogP contribution in [-0.4, -0.2) is 95.7 Å². The number of rotatable bonds is 15. The first-order valence-electron chi connectivity index (χ1n) is 24.6. The quantitative estimate of drug-likeness (QED) is 0.0894. The number of pyridine rings is 1. The monoisotopic (exact) mass is 965 g/mol. The van der Waals surface area contributed by atoms with Crippen molar-refractivity contribution in [1.82, 2.24) is 39.2 Å². The molecule has 4 aromatic carbocycles. The van der Waals surface area contributed by atoms with Crippen LogP contribution in [0.3, 0.4) is 0 Å². The van der Waals surface area contributed by atoms with E-state index < -0.39 is 6.10 Å². The molecule has 1 amide bonds. The molecule has 0 spiro atoms. The summed E-state index contributed by atoms with van der Waals surface area (Å²) in [5.41, 5.74) is 7.53. The summed E-state index contributed by atoms with van der Waals surface area (Å²) < 4.78 is 14.2. The largest absolute Gasteiger partial charge is 0.493 e. The summed E-state index contributed by atoms with van der Waals surface area (Å²) in [6, 6.07) is 40.6. The van der Waals surface area contributed by atoms with Crippen molar-refractivity contribution >= 4 is 34.7 Å². The van der Waals surface area contributed by atoms with Crippen LogP contribution in [0.15, 0.2) is 137 Å². The van der Waals surface area contributed by atoms with Gasteiger partial charge >= 0.3 is 0 Å². The SMILES string of the molecule is CN1C(=O)c2c(nn(Cc3ccc(-c4ccccn4)cc3)c2Nc2ccccc2)N2C1=N[C@@H]1CCC[C@@H]12.COc1ccc(Cc2nn3c([C@@H](CCCc4ccccc4)[C@@H](C)O)nc(C)c3c(=O)[nH]2)cc1OC. The van der Waals surface area contributed by atoms with Gasteiger partial charge in [0.1, 0.15) is 23.0 Å². The highest BCUT2D eigenvalue weighted by atomic mass is 16.5. The number of nitrogens with zero attached hydrogens (tertiary/aromatic N) is 9. The van der Waals surface area contributed by atoms with Gasteiger partial charge in [0.2, 0.25) is 5.96 Å². The first-order chi connectivity index (χ1) is 35.1. The molecule has 0 unspecified atom stereocenters. The zero-order valence-electron chi connectivity index (χ0n) is 41.2. The number of aromatic nitrogens is 7. The maximum Gasteiger partial charge on any atom is 0.277 e. The number of aliphatic hydroxyl groups excluding tert-OH is 1. The Balaban J connectivity index is 0.000000166. The van der Waals surface area contributed by atoms with E-state index in [1.165, 1.54) is 5.56 Å². The molecular formula is C56H59N11O5. The van der Waals surface area contributed by atoms with E-state index in [0.29, 0.717) is 64.5 Å². The average Bonchev–Trinajstić information content (AvgIpc) is 4.18. The number of amides is 1. The summed E-state index contributed by atoms with van der Waals surface area (Å²) in [6.45, 7) is 4.09. The topological polar surface area (TPSA) is 180 Å². The van der Waals surface area contributed by atoms with Crippen LogP contribution in [-0.2, 0) is 19.4 Å². The molecule has 16 heteroatoms. The van der Waals surface area contributed by atoms with E-state index in [1.54, 1.807) is 43.7 Å². The fourth-order valence-electron chi connectivity index (χ4n) is 10.2. The van der Waals surface area contributed by atoms with Gasteiger partial charge in [-0.1, -0.05) is 84.9 Å². The molecule has 1 saturated carbocycles. The first-order valence-corrected chi connectivity index (χ1v) is 24.6. The van der Waals surface area contributed by atoms with Gasteiger partial charge in [-0.3, -0.25) is 24.4 Å². The number of ether oxygens (including phenoxy) is 2. The Morgan fingerprint density at radius 2 is 1.58 bits per heavy atom. The molecule has 72 heavy (non-hydrogen) atoms. The number of anilines is 3. The normalized spacial score (nSPS) is 16.6. The Morgan fingerprint density at radius 3 is 2.31 bits per heavy atom. The Bertz CT molecular complexity index is 3280. The van der Waals surface area contributed by atoms with Gasteiger partial charge in [0.25, 0.3) is 11.5 Å². The number of hydrogen-bond acceptors (Lipinski definition) is 12. The van der Waals surface area contributed by atoms with Crippen molar-refractivity contribution in [2.75, 3.05) is 31.5 Å². The molecule has 368 valence electrons. The number of aryl methyl sites for hydroxylation is 2. The standard InChI is InChI=1S/C29H27N7O.C27H32N4O4/c1-34-28(37)25-26(31-21-8-3-2-4-9-21)35(33-27(25)36-24-12-7-11-23(24)32-29(34)36)18-19-13-15-20(16-14-19)22-10-5-6-17-30-22;1-17-25-27(33)29-24(16-20-13-14-22(34-3)23(15-20)35-4)30-31(25)26(28-17)21(18(2)32)12-8-11-19-9-6-5-7-10-19/h2-6,8-10,13-17,23-24,31H,7,11-12,18H2,1H3;5-7,9-10,13-15,18,21,32H,8,11-12,16H2,1-4H3,(H,29,30,33)/t23-,24+;18-,21+/m11/s1. The molecule has 0 radical (unpaired) electrons. The Hall–Kier alpha value is -8.11. The summed E-state index contributed by atoms with van der Waals surface area (Å²) in [4.78, 5) is 47.5. The minimum absolute atomic E-state index is 0.0832. The Kier molecular flexibility index (Phi) is 13.7. The number of para-hydroxylation sites is 1. The van der Waals surface area contributed by atoms with Crippen LogP contribution in [0.4, 0.5) is 17.3 Å². The van der Waals surface area contributed by atoms with E-state index in [0.717, 1.165) is 72.6 Å². The van der Waals surface area contributed by atoms with Crippen LogP contribution in [0.5, 0.6) is 11.5 Å². The van der Waals surface area contributed by atoms with Crippen LogP contribution in [0.25, 0.3) is 16.8 Å². The fraction of sp³-hybridized carbons (Fsp3) is 0.304. The molecule has 3 aliphatic rings. The third-order valence-corrected chi connectivity index (χ3v) is 13.8. The number of methoxy groups -OCH3 is 2. The number of fused-ring (bicyclic) bond motifs is 6. The maximum atomic E-state index is 13.7. The molecule has 6 heterocycles. The van der Waals surface area contributed by atoms with Crippen molar-refractivity contribution < 1.29 is 19.4 Å². The molecule has 1 aliphatic carbocycles. The number of nitrogens with one attached hydrogen (secondary N) is 2. The number of carbonyl (C=O) groups is 1. The molecular weight excluding hydrogens is 907 g/mol. The lowest BCUT2D eigenvalue weighted by Gasteiger charge is -2.34. The highest BCUT2D eigenvalue weighted by molar-refractivity contribution is 6.21. The number of hydrogen-bond donors (Lipinski definition) is 3.